The Kier molecular flexibility index (Phi) is 7.06. The molecule has 7 heteroatoms. The number of hydrogen-bond donors (Lipinski definition) is 3. The van der Waals surface area contributed by atoms with Crippen molar-refractivity contribution >= 4 is 11.9 Å². The van der Waals surface area contributed by atoms with E-state index in [0.717, 1.165) is 11.5 Å². The highest BCUT2D eigenvalue weighted by molar-refractivity contribution is 5.85. The third-order valence-corrected chi connectivity index (χ3v) is 2.84. The molecule has 1 aromatic rings. The van der Waals surface area contributed by atoms with Crippen LogP contribution in [0.1, 0.15) is 58.9 Å². The SMILES string of the molecule is CCNC(=NCC(=O)NC(C)(C)C)NCc1cc(C(C)C)no1. The lowest BCUT2D eigenvalue weighted by molar-refractivity contribution is -0.121. The van der Waals surface area contributed by atoms with Gasteiger partial charge in [-0.15, -0.1) is 0 Å². The molecule has 0 aromatic carbocycles. The van der Waals surface area contributed by atoms with Crippen LogP contribution in [0.4, 0.5) is 0 Å². The van der Waals surface area contributed by atoms with Crippen molar-refractivity contribution in [2.24, 2.45) is 4.99 Å². The van der Waals surface area contributed by atoms with E-state index < -0.39 is 0 Å². The van der Waals surface area contributed by atoms with Crippen molar-refractivity contribution in [1.29, 1.82) is 0 Å². The number of nitrogens with one attached hydrogen (secondary N) is 3. The van der Waals surface area contributed by atoms with Crippen molar-refractivity contribution in [2.75, 3.05) is 13.1 Å². The summed E-state index contributed by atoms with van der Waals surface area (Å²) in [5.41, 5.74) is 0.666. The fourth-order valence-corrected chi connectivity index (χ4v) is 1.81. The largest absolute Gasteiger partial charge is 0.359 e. The first-order chi connectivity index (χ1) is 10.7. The fourth-order valence-electron chi connectivity index (χ4n) is 1.81. The first-order valence-electron chi connectivity index (χ1n) is 8.00. The van der Waals surface area contributed by atoms with Crippen molar-refractivity contribution < 1.29 is 9.32 Å². The molecule has 0 fully saturated rings. The van der Waals surface area contributed by atoms with Crippen molar-refractivity contribution in [3.63, 3.8) is 0 Å². The Morgan fingerprint density at radius 3 is 2.57 bits per heavy atom. The summed E-state index contributed by atoms with van der Waals surface area (Å²) in [4.78, 5) is 16.1. The number of nitrogens with zero attached hydrogens (tertiary/aromatic N) is 2. The second kappa shape index (κ2) is 8.55. The van der Waals surface area contributed by atoms with Gasteiger partial charge in [-0.2, -0.15) is 0 Å². The molecule has 0 radical (unpaired) electrons. The zero-order chi connectivity index (χ0) is 17.5. The number of guanidine groups is 1. The minimum absolute atomic E-state index is 0.0697. The van der Waals surface area contributed by atoms with Gasteiger partial charge in [-0.1, -0.05) is 19.0 Å². The van der Waals surface area contributed by atoms with Gasteiger partial charge in [0.05, 0.1) is 12.2 Å². The normalized spacial score (nSPS) is 12.4. The van der Waals surface area contributed by atoms with Crippen LogP contribution in [-0.2, 0) is 11.3 Å². The number of rotatable bonds is 6. The molecule has 0 aliphatic rings. The van der Waals surface area contributed by atoms with Crippen LogP contribution in [0.15, 0.2) is 15.6 Å². The summed E-state index contributed by atoms with van der Waals surface area (Å²) >= 11 is 0. The highest BCUT2D eigenvalue weighted by Crippen LogP contribution is 2.13. The maximum Gasteiger partial charge on any atom is 0.242 e. The van der Waals surface area contributed by atoms with Gasteiger partial charge in [-0.3, -0.25) is 4.79 Å². The van der Waals surface area contributed by atoms with Crippen LogP contribution >= 0.6 is 0 Å². The number of carbonyl (C=O) groups excluding carboxylic acids is 1. The van der Waals surface area contributed by atoms with E-state index in [4.69, 9.17) is 4.52 Å². The lowest BCUT2D eigenvalue weighted by atomic mass is 10.1. The molecule has 0 bridgehead atoms. The Labute approximate surface area is 138 Å². The molecule has 1 aromatic heterocycles. The van der Waals surface area contributed by atoms with Crippen LogP contribution < -0.4 is 16.0 Å². The summed E-state index contributed by atoms with van der Waals surface area (Å²) in [6.07, 6.45) is 0. The number of aliphatic imine (C=N–C) groups is 1. The maximum absolute atomic E-state index is 11.8. The lowest BCUT2D eigenvalue weighted by Gasteiger charge is -2.20. The van der Waals surface area contributed by atoms with E-state index in [1.54, 1.807) is 0 Å². The number of hydrogen-bond acceptors (Lipinski definition) is 4. The third-order valence-electron chi connectivity index (χ3n) is 2.84. The van der Waals surface area contributed by atoms with Gasteiger partial charge in [-0.25, -0.2) is 4.99 Å². The average molecular weight is 323 g/mol. The molecule has 0 aliphatic carbocycles. The molecule has 130 valence electrons. The summed E-state index contributed by atoms with van der Waals surface area (Å²) in [7, 11) is 0. The van der Waals surface area contributed by atoms with E-state index in [2.05, 4.69) is 39.9 Å². The first-order valence-corrected chi connectivity index (χ1v) is 8.00. The number of carbonyl (C=O) groups is 1. The Hall–Kier alpha value is -2.05. The van der Waals surface area contributed by atoms with Crippen LogP contribution in [0, 0.1) is 0 Å². The molecule has 0 atom stereocenters. The van der Waals surface area contributed by atoms with E-state index in [0.29, 0.717) is 25.0 Å². The molecule has 0 unspecified atom stereocenters. The molecule has 1 amide bonds. The molecule has 23 heavy (non-hydrogen) atoms. The van der Waals surface area contributed by atoms with Gasteiger partial charge in [-0.05, 0) is 33.6 Å². The molecular formula is C16H29N5O2. The molecule has 0 aliphatic heterocycles. The topological polar surface area (TPSA) is 91.5 Å². The standard InChI is InChI=1S/C16H29N5O2/c1-7-17-15(19-10-14(22)20-16(4,5)6)18-9-12-8-13(11(2)3)21-23-12/h8,11H,7,9-10H2,1-6H3,(H,20,22)(H2,17,18,19). The molecule has 7 nitrogen and oxygen atoms in total. The predicted molar refractivity (Wildman–Crippen MR) is 91.3 cm³/mol. The second-order valence-electron chi connectivity index (χ2n) is 6.72. The van der Waals surface area contributed by atoms with E-state index in [1.807, 2.05) is 33.8 Å². The minimum Gasteiger partial charge on any atom is -0.359 e. The summed E-state index contributed by atoms with van der Waals surface area (Å²) in [5, 5.41) is 13.1. The molecule has 0 spiro atoms. The van der Waals surface area contributed by atoms with Gasteiger partial charge in [0, 0.05) is 18.2 Å². The Bertz CT molecular complexity index is 529. The van der Waals surface area contributed by atoms with Crippen LogP contribution in [-0.4, -0.2) is 35.7 Å². The molecule has 1 rings (SSSR count). The second-order valence-corrected chi connectivity index (χ2v) is 6.72. The maximum atomic E-state index is 11.8. The average Bonchev–Trinajstić information content (AvgIpc) is 2.89. The molecular weight excluding hydrogens is 294 g/mol. The van der Waals surface area contributed by atoms with Crippen LogP contribution in [0.3, 0.4) is 0 Å². The van der Waals surface area contributed by atoms with Gasteiger partial charge in [0.25, 0.3) is 0 Å². The van der Waals surface area contributed by atoms with Gasteiger partial charge < -0.3 is 20.5 Å². The van der Waals surface area contributed by atoms with Crippen molar-refractivity contribution in [1.82, 2.24) is 21.1 Å². The molecule has 3 N–H and O–H groups in total. The lowest BCUT2D eigenvalue weighted by Crippen LogP contribution is -2.43. The van der Waals surface area contributed by atoms with Gasteiger partial charge in [0.15, 0.2) is 11.7 Å². The summed E-state index contributed by atoms with van der Waals surface area (Å²) < 4.78 is 5.27. The molecule has 1 heterocycles. The van der Waals surface area contributed by atoms with E-state index in [1.165, 1.54) is 0 Å². The summed E-state index contributed by atoms with van der Waals surface area (Å²) in [6.45, 7) is 13.2. The smallest absolute Gasteiger partial charge is 0.242 e. The van der Waals surface area contributed by atoms with Gasteiger partial charge in [0.2, 0.25) is 5.91 Å². The highest BCUT2D eigenvalue weighted by atomic mass is 16.5. The Balaban J connectivity index is 2.56. The van der Waals surface area contributed by atoms with Crippen LogP contribution in [0.5, 0.6) is 0 Å². The minimum atomic E-state index is -0.258. The van der Waals surface area contributed by atoms with Crippen molar-refractivity contribution in [3.05, 3.63) is 17.5 Å². The van der Waals surface area contributed by atoms with Gasteiger partial charge in [0.1, 0.15) is 6.54 Å². The van der Waals surface area contributed by atoms with E-state index in [-0.39, 0.29) is 18.0 Å². The fraction of sp³-hybridized carbons (Fsp3) is 0.688. The third kappa shape index (κ3) is 7.67. The summed E-state index contributed by atoms with van der Waals surface area (Å²) in [5.74, 6) is 1.52. The number of amides is 1. The quantitative estimate of drug-likeness (QED) is 0.548. The highest BCUT2D eigenvalue weighted by Gasteiger charge is 2.13. The van der Waals surface area contributed by atoms with Crippen LogP contribution in [0.25, 0.3) is 0 Å². The Morgan fingerprint density at radius 1 is 1.35 bits per heavy atom. The molecule has 0 saturated carbocycles. The monoisotopic (exact) mass is 323 g/mol. The number of aromatic nitrogens is 1. The zero-order valence-electron chi connectivity index (χ0n) is 15.0. The van der Waals surface area contributed by atoms with E-state index in [9.17, 15) is 4.79 Å². The zero-order valence-corrected chi connectivity index (χ0v) is 15.0. The first kappa shape index (κ1) is 19.0. The van der Waals surface area contributed by atoms with Gasteiger partial charge >= 0.3 is 0 Å². The molecule has 0 saturated heterocycles. The summed E-state index contributed by atoms with van der Waals surface area (Å²) in [6, 6.07) is 1.92. The van der Waals surface area contributed by atoms with E-state index >= 15 is 0 Å². The Morgan fingerprint density at radius 2 is 2.04 bits per heavy atom. The van der Waals surface area contributed by atoms with Crippen molar-refractivity contribution in [3.8, 4) is 0 Å². The van der Waals surface area contributed by atoms with Crippen LogP contribution in [0.2, 0.25) is 0 Å². The predicted octanol–water partition coefficient (Wildman–Crippen LogP) is 1.77. The van der Waals surface area contributed by atoms with Crippen molar-refractivity contribution in [2.45, 2.75) is 59.5 Å².